The van der Waals surface area contributed by atoms with Gasteiger partial charge in [-0.3, -0.25) is 19.4 Å². The number of carbonyl (C=O) groups is 3. The van der Waals surface area contributed by atoms with Gasteiger partial charge in [0.05, 0.1) is 18.5 Å². The molecule has 202 valence electrons. The maximum absolute atomic E-state index is 14.4. The van der Waals surface area contributed by atoms with Crippen LogP contribution >= 0.6 is 0 Å². The Balaban J connectivity index is 1.36. The Morgan fingerprint density at radius 1 is 1.13 bits per heavy atom. The van der Waals surface area contributed by atoms with Gasteiger partial charge in [-0.05, 0) is 17.0 Å². The van der Waals surface area contributed by atoms with Gasteiger partial charge in [0, 0.05) is 23.9 Å². The number of nitrogens with one attached hydrogen (secondary N) is 1. The number of alkyl halides is 1. The van der Waals surface area contributed by atoms with Crippen molar-refractivity contribution >= 4 is 34.3 Å². The smallest absolute Gasteiger partial charge is 0.313 e. The summed E-state index contributed by atoms with van der Waals surface area (Å²) in [5.74, 6) is -4.87. The molecule has 1 fully saturated rings. The Morgan fingerprint density at radius 3 is 2.62 bits per heavy atom. The summed E-state index contributed by atoms with van der Waals surface area (Å²) in [6, 6.07) is 17.0. The van der Waals surface area contributed by atoms with Crippen LogP contribution in [0.3, 0.4) is 0 Å². The Bertz CT molecular complexity index is 1440. The number of cyclic esters (lactones) is 1. The summed E-state index contributed by atoms with van der Waals surface area (Å²) in [4.78, 5) is 48.9. The van der Waals surface area contributed by atoms with Crippen LogP contribution < -0.4 is 5.32 Å². The van der Waals surface area contributed by atoms with Crippen molar-refractivity contribution in [2.24, 2.45) is 11.1 Å². The third kappa shape index (κ3) is 4.94. The fourth-order valence-electron chi connectivity index (χ4n) is 4.92. The average molecular weight is 534 g/mol. The van der Waals surface area contributed by atoms with Gasteiger partial charge in [0.25, 0.3) is 5.91 Å². The van der Waals surface area contributed by atoms with Crippen LogP contribution in [0.2, 0.25) is 0 Å². The molecule has 0 radical (unpaired) electrons. The molecule has 0 spiro atoms. The van der Waals surface area contributed by atoms with Crippen molar-refractivity contribution < 1.29 is 33.1 Å². The summed E-state index contributed by atoms with van der Waals surface area (Å²) in [6.45, 7) is 2.27. The molecule has 39 heavy (non-hydrogen) atoms. The van der Waals surface area contributed by atoms with E-state index < -0.39 is 42.0 Å². The fraction of sp³-hybridized carbons (Fsp3) is 0.345. The number of nitrogens with zero attached hydrogens (tertiary/aromatic N) is 2. The first kappa shape index (κ1) is 26.3. The first-order valence-corrected chi connectivity index (χ1v) is 12.7. The molecule has 2 aromatic carbocycles. The number of ether oxygens (including phenoxy) is 2. The number of carbonyl (C=O) groups excluding carboxylic acids is 3. The summed E-state index contributed by atoms with van der Waals surface area (Å²) in [5, 5.41) is 8.72. The highest BCUT2D eigenvalue weighted by molar-refractivity contribution is 6.11. The standard InChI is InChI=1S/C29H28FN3O6/c1-18(2)28(16-22(33-39-28)26-21-11-7-6-10-20(21)12-13-31-26)27(36)32-23-15-25(35)38-29(23,17-30)37-24(34)14-19-8-4-3-5-9-19/h3-13,18,23H,14-17H2,1-2H3,(H,32,36)/t23-,28?,29+/m0/s1. The molecule has 1 saturated heterocycles. The van der Waals surface area contributed by atoms with Crippen LogP contribution in [-0.2, 0) is 35.1 Å². The minimum absolute atomic E-state index is 0.0927. The van der Waals surface area contributed by atoms with E-state index in [9.17, 15) is 18.8 Å². The van der Waals surface area contributed by atoms with Gasteiger partial charge in [0.15, 0.2) is 6.67 Å². The number of rotatable bonds is 8. The maximum atomic E-state index is 14.4. The summed E-state index contributed by atoms with van der Waals surface area (Å²) in [6.07, 6.45) is 1.22. The van der Waals surface area contributed by atoms with Crippen LogP contribution in [-0.4, -0.2) is 52.6 Å². The number of hydrogen-bond donors (Lipinski definition) is 1. The zero-order chi connectivity index (χ0) is 27.6. The van der Waals surface area contributed by atoms with Crippen molar-refractivity contribution in [1.29, 1.82) is 0 Å². The predicted molar refractivity (Wildman–Crippen MR) is 139 cm³/mol. The van der Waals surface area contributed by atoms with Crippen molar-refractivity contribution in [3.63, 3.8) is 0 Å². The largest absolute Gasteiger partial charge is 0.417 e. The van der Waals surface area contributed by atoms with Crippen LogP contribution in [0.5, 0.6) is 0 Å². The van der Waals surface area contributed by atoms with E-state index in [4.69, 9.17) is 14.3 Å². The van der Waals surface area contributed by atoms with Crippen molar-refractivity contribution in [2.75, 3.05) is 6.67 Å². The maximum Gasteiger partial charge on any atom is 0.313 e. The summed E-state index contributed by atoms with van der Waals surface area (Å²) >= 11 is 0. The lowest BCUT2D eigenvalue weighted by molar-refractivity contribution is -0.225. The summed E-state index contributed by atoms with van der Waals surface area (Å²) < 4.78 is 25.0. The normalized spacial score (nSPS) is 24.3. The van der Waals surface area contributed by atoms with Gasteiger partial charge in [-0.1, -0.05) is 73.6 Å². The number of esters is 2. The van der Waals surface area contributed by atoms with E-state index in [0.29, 0.717) is 17.0 Å². The van der Waals surface area contributed by atoms with Gasteiger partial charge in [-0.15, -0.1) is 0 Å². The van der Waals surface area contributed by atoms with Crippen LogP contribution in [0.1, 0.15) is 37.9 Å². The van der Waals surface area contributed by atoms with Gasteiger partial charge in [-0.2, -0.15) is 0 Å². The Kier molecular flexibility index (Phi) is 7.03. The lowest BCUT2D eigenvalue weighted by atomic mass is 9.83. The number of benzene rings is 2. The number of aromatic nitrogens is 1. The lowest BCUT2D eigenvalue weighted by Crippen LogP contribution is -2.60. The second-order valence-electron chi connectivity index (χ2n) is 10.0. The van der Waals surface area contributed by atoms with Gasteiger partial charge in [-0.25, -0.2) is 4.39 Å². The third-order valence-electron chi connectivity index (χ3n) is 7.17. The van der Waals surface area contributed by atoms with Crippen molar-refractivity contribution in [3.05, 3.63) is 78.1 Å². The van der Waals surface area contributed by atoms with Gasteiger partial charge < -0.3 is 19.6 Å². The van der Waals surface area contributed by atoms with Crippen LogP contribution in [0.25, 0.3) is 10.8 Å². The molecule has 1 N–H and O–H groups in total. The van der Waals surface area contributed by atoms with Crippen molar-refractivity contribution in [3.8, 4) is 0 Å². The first-order chi connectivity index (χ1) is 18.8. The molecule has 1 aromatic heterocycles. The zero-order valence-corrected chi connectivity index (χ0v) is 21.6. The number of pyridine rings is 1. The topological polar surface area (TPSA) is 116 Å². The number of amides is 1. The Hall–Kier alpha value is -4.34. The Morgan fingerprint density at radius 2 is 1.87 bits per heavy atom. The van der Waals surface area contributed by atoms with E-state index in [1.165, 1.54) is 0 Å². The van der Waals surface area contributed by atoms with E-state index in [1.807, 2.05) is 30.3 Å². The highest BCUT2D eigenvalue weighted by Gasteiger charge is 2.57. The number of oxime groups is 1. The number of hydrogen-bond acceptors (Lipinski definition) is 8. The Labute approximate surface area is 224 Å². The average Bonchev–Trinajstić information content (AvgIpc) is 3.51. The van der Waals surface area contributed by atoms with Crippen molar-refractivity contribution in [2.45, 2.75) is 50.5 Å². The molecule has 3 heterocycles. The molecule has 0 saturated carbocycles. The van der Waals surface area contributed by atoms with E-state index in [0.717, 1.165) is 10.8 Å². The van der Waals surface area contributed by atoms with Gasteiger partial charge in [0.2, 0.25) is 5.60 Å². The highest BCUT2D eigenvalue weighted by atomic mass is 19.1. The molecule has 3 atom stereocenters. The second kappa shape index (κ2) is 10.4. The minimum Gasteiger partial charge on any atom is -0.417 e. The van der Waals surface area contributed by atoms with E-state index in [2.05, 4.69) is 15.5 Å². The monoisotopic (exact) mass is 533 g/mol. The molecule has 2 aliphatic heterocycles. The van der Waals surface area contributed by atoms with E-state index in [1.54, 1.807) is 50.4 Å². The minimum atomic E-state index is -2.28. The molecule has 1 unspecified atom stereocenters. The molecule has 0 bridgehead atoms. The molecule has 0 aliphatic carbocycles. The van der Waals surface area contributed by atoms with E-state index in [-0.39, 0.29) is 25.2 Å². The van der Waals surface area contributed by atoms with Crippen molar-refractivity contribution in [1.82, 2.24) is 10.3 Å². The first-order valence-electron chi connectivity index (χ1n) is 12.7. The molecule has 10 heteroatoms. The van der Waals surface area contributed by atoms with Gasteiger partial charge >= 0.3 is 17.7 Å². The van der Waals surface area contributed by atoms with Crippen LogP contribution in [0.4, 0.5) is 4.39 Å². The van der Waals surface area contributed by atoms with Crippen LogP contribution in [0, 0.1) is 5.92 Å². The summed E-state index contributed by atoms with van der Waals surface area (Å²) in [7, 11) is 0. The quantitative estimate of drug-likeness (QED) is 0.440. The molecule has 1 amide bonds. The molecule has 5 rings (SSSR count). The predicted octanol–water partition coefficient (Wildman–Crippen LogP) is 3.64. The SMILES string of the molecule is CC(C)C1(C(=O)N[C@H]2CC(=O)O[C@@]2(CF)OC(=O)Cc2ccccc2)CC(c2nccc3ccccc23)=NO1. The highest BCUT2D eigenvalue weighted by Crippen LogP contribution is 2.37. The lowest BCUT2D eigenvalue weighted by Gasteiger charge is -2.34. The molecular formula is C29H28FN3O6. The molecular weight excluding hydrogens is 505 g/mol. The molecule has 9 nitrogen and oxygen atoms in total. The van der Waals surface area contributed by atoms with Gasteiger partial charge in [0.1, 0.15) is 11.8 Å². The summed E-state index contributed by atoms with van der Waals surface area (Å²) in [5.41, 5.74) is 0.262. The molecule has 3 aromatic rings. The molecule has 2 aliphatic rings. The third-order valence-corrected chi connectivity index (χ3v) is 7.17. The van der Waals surface area contributed by atoms with Crippen LogP contribution in [0.15, 0.2) is 72.0 Å². The zero-order valence-electron chi connectivity index (χ0n) is 21.6. The fourth-order valence-corrected chi connectivity index (χ4v) is 4.92. The number of halogens is 1. The number of fused-ring (bicyclic) bond motifs is 1. The second-order valence-corrected chi connectivity index (χ2v) is 10.0. The van der Waals surface area contributed by atoms with E-state index >= 15 is 0 Å².